The number of nitrogens with one attached hydrogen (secondary N) is 3. The standard InChI is InChI=1S/C46H66FN5O10/c1-30(2)42(48-6)44(58)49-38(28-34-16-13-17-36(47)27-34)45(59)51-24-14-18-37(50-51)46(60)62-40(31(3)15-12-21-41(56)52-25-10-11-26-61-52)20-9-7-8-19-39(55)33(5)43(57)35(29-53)23-22-32(4)54/h7-9,12-13,15-17,19,21,27,29-30,33,35,37-40,42-43,48,50,55,57H,10-11,14,18,20,22-26,28H2,1-6H3,(H,49,58)/b9-7+,19-8+,21-12+,31-15+/t33?,35?,37?,38?,39-,40-,42?,43?/m0/s1. The summed E-state index contributed by atoms with van der Waals surface area (Å²) in [6.45, 7) is 9.68. The van der Waals surface area contributed by atoms with Gasteiger partial charge in [0.2, 0.25) is 5.91 Å². The molecule has 2 heterocycles. The second-order valence-electron chi connectivity index (χ2n) is 16.3. The second kappa shape index (κ2) is 26.6. The Morgan fingerprint density at radius 2 is 1.81 bits per heavy atom. The molecule has 2 saturated heterocycles. The molecule has 5 N–H and O–H groups in total. The predicted molar refractivity (Wildman–Crippen MR) is 231 cm³/mol. The molecule has 0 aliphatic carbocycles. The van der Waals surface area contributed by atoms with Gasteiger partial charge in [0.15, 0.2) is 0 Å². The number of nitrogens with zero attached hydrogens (tertiary/aromatic N) is 2. The van der Waals surface area contributed by atoms with Crippen LogP contribution in [0.3, 0.4) is 0 Å². The molecule has 6 unspecified atom stereocenters. The van der Waals surface area contributed by atoms with Crippen molar-refractivity contribution in [3.8, 4) is 0 Å². The SMILES string of the molecule is CNC(C(=O)NC(Cc1cccc(F)c1)C(=O)N1CCCC(C(=O)O[C@@H](C/C=C/C=C/[C@H](O)C(C)C(O)C(C=O)CCC(C)=O)/C(C)=C/C=C/C(=O)N2CCCCO2)N1)C(C)C. The zero-order chi connectivity index (χ0) is 45.8. The van der Waals surface area contributed by atoms with Crippen LogP contribution in [0.1, 0.15) is 85.1 Å². The van der Waals surface area contributed by atoms with Crippen molar-refractivity contribution in [2.24, 2.45) is 17.8 Å². The number of allylic oxidation sites excluding steroid dienone is 4. The van der Waals surface area contributed by atoms with Crippen molar-refractivity contribution in [1.82, 2.24) is 26.1 Å². The molecule has 0 saturated carbocycles. The van der Waals surface area contributed by atoms with Gasteiger partial charge in [0, 0.05) is 50.3 Å². The number of aliphatic hydroxyl groups excluding tert-OH is 2. The van der Waals surface area contributed by atoms with Crippen molar-refractivity contribution < 1.29 is 52.9 Å². The third-order valence-corrected chi connectivity index (χ3v) is 11.0. The normalized spacial score (nSPS) is 19.8. The third-order valence-electron chi connectivity index (χ3n) is 11.0. The highest BCUT2D eigenvalue weighted by atomic mass is 19.1. The topological polar surface area (TPSA) is 204 Å². The zero-order valence-electron chi connectivity index (χ0n) is 36.8. The van der Waals surface area contributed by atoms with Crippen LogP contribution in [0, 0.1) is 23.6 Å². The van der Waals surface area contributed by atoms with Gasteiger partial charge < -0.3 is 35.2 Å². The van der Waals surface area contributed by atoms with Gasteiger partial charge in [-0.1, -0.05) is 69.4 Å². The number of likely N-dealkylation sites (N-methyl/N-ethyl adjacent to an activating group) is 1. The Bertz CT molecular complexity index is 1780. The van der Waals surface area contributed by atoms with Gasteiger partial charge in [0.05, 0.1) is 24.9 Å². The number of benzene rings is 1. The Balaban J connectivity index is 1.77. The number of rotatable bonds is 23. The molecule has 0 spiro atoms. The molecular weight excluding hydrogens is 802 g/mol. The number of amides is 3. The monoisotopic (exact) mass is 867 g/mol. The Hall–Kier alpha value is -4.87. The van der Waals surface area contributed by atoms with Crippen LogP contribution in [-0.4, -0.2) is 119 Å². The number of Topliss-reactive ketones (excluding diaryl/α,β-unsaturated/α-hetero) is 1. The van der Waals surface area contributed by atoms with Gasteiger partial charge in [-0.15, -0.1) is 0 Å². The summed E-state index contributed by atoms with van der Waals surface area (Å²) in [5.41, 5.74) is 4.10. The lowest BCUT2D eigenvalue weighted by molar-refractivity contribution is -0.191. The van der Waals surface area contributed by atoms with Crippen molar-refractivity contribution >= 4 is 35.8 Å². The van der Waals surface area contributed by atoms with Gasteiger partial charge in [0.25, 0.3) is 11.8 Å². The molecule has 8 atom stereocenters. The number of carbonyl (C=O) groups excluding carboxylic acids is 6. The fraction of sp³-hybridized carbons (Fsp3) is 0.565. The number of ether oxygens (including phenoxy) is 1. The molecular formula is C46H66FN5O10. The second-order valence-corrected chi connectivity index (χ2v) is 16.3. The highest BCUT2D eigenvalue weighted by molar-refractivity contribution is 5.90. The number of esters is 1. The number of hydrogen-bond acceptors (Lipinski definition) is 12. The molecule has 2 aliphatic heterocycles. The maximum Gasteiger partial charge on any atom is 0.325 e. The molecule has 15 nitrogen and oxygen atoms in total. The maximum absolute atomic E-state index is 14.2. The number of aliphatic hydroxyl groups is 2. The first-order valence-corrected chi connectivity index (χ1v) is 21.5. The van der Waals surface area contributed by atoms with Crippen LogP contribution in [0.2, 0.25) is 0 Å². The molecule has 0 aromatic heterocycles. The average Bonchev–Trinajstić information content (AvgIpc) is 3.25. The minimum absolute atomic E-state index is 0.00775. The van der Waals surface area contributed by atoms with E-state index in [1.54, 1.807) is 57.3 Å². The van der Waals surface area contributed by atoms with E-state index in [9.17, 15) is 43.4 Å². The van der Waals surface area contributed by atoms with Crippen molar-refractivity contribution in [2.75, 3.05) is 26.7 Å². The van der Waals surface area contributed by atoms with Gasteiger partial charge in [-0.3, -0.25) is 29.0 Å². The Kier molecular flexibility index (Phi) is 22.1. The molecule has 342 valence electrons. The Morgan fingerprint density at radius 1 is 1.05 bits per heavy atom. The number of hydrazine groups is 1. The number of aldehydes is 1. The van der Waals surface area contributed by atoms with E-state index < -0.39 is 71.9 Å². The van der Waals surface area contributed by atoms with Gasteiger partial charge in [-0.2, -0.15) is 0 Å². The predicted octanol–water partition coefficient (Wildman–Crippen LogP) is 3.61. The lowest BCUT2D eigenvalue weighted by Gasteiger charge is -2.36. The third kappa shape index (κ3) is 16.8. The molecule has 2 aliphatic rings. The van der Waals surface area contributed by atoms with Crippen LogP contribution < -0.4 is 16.1 Å². The van der Waals surface area contributed by atoms with E-state index in [0.29, 0.717) is 43.4 Å². The van der Waals surface area contributed by atoms with Crippen LogP contribution in [0.15, 0.2) is 72.4 Å². The summed E-state index contributed by atoms with van der Waals surface area (Å²) in [5, 5.41) is 29.8. The van der Waals surface area contributed by atoms with E-state index in [1.165, 1.54) is 47.3 Å². The average molecular weight is 868 g/mol. The van der Waals surface area contributed by atoms with E-state index in [0.717, 1.165) is 12.8 Å². The summed E-state index contributed by atoms with van der Waals surface area (Å²) in [7, 11) is 1.65. The molecule has 0 radical (unpaired) electrons. The first kappa shape index (κ1) is 51.5. The molecule has 0 bridgehead atoms. The number of hydrogen-bond donors (Lipinski definition) is 5. The van der Waals surface area contributed by atoms with E-state index >= 15 is 0 Å². The summed E-state index contributed by atoms with van der Waals surface area (Å²) in [6, 6.07) is 3.19. The van der Waals surface area contributed by atoms with Crippen LogP contribution in [0.25, 0.3) is 0 Å². The smallest absolute Gasteiger partial charge is 0.325 e. The van der Waals surface area contributed by atoms with E-state index in [-0.39, 0.29) is 49.8 Å². The molecule has 3 amide bonds. The first-order valence-electron chi connectivity index (χ1n) is 21.5. The van der Waals surface area contributed by atoms with Crippen LogP contribution >= 0.6 is 0 Å². The molecule has 1 aromatic rings. The van der Waals surface area contributed by atoms with Gasteiger partial charge in [0.1, 0.15) is 36.1 Å². The van der Waals surface area contributed by atoms with Crippen molar-refractivity contribution in [3.63, 3.8) is 0 Å². The Labute approximate surface area is 364 Å². The lowest BCUT2D eigenvalue weighted by atomic mass is 9.86. The fourth-order valence-corrected chi connectivity index (χ4v) is 7.14. The minimum Gasteiger partial charge on any atom is -0.456 e. The van der Waals surface area contributed by atoms with Gasteiger partial charge in [-0.25, -0.2) is 14.9 Å². The number of carbonyl (C=O) groups is 6. The lowest BCUT2D eigenvalue weighted by Crippen LogP contribution is -2.61. The molecule has 1 aromatic carbocycles. The molecule has 16 heteroatoms. The summed E-state index contributed by atoms with van der Waals surface area (Å²) >= 11 is 0. The van der Waals surface area contributed by atoms with Crippen molar-refractivity contribution in [1.29, 1.82) is 0 Å². The van der Waals surface area contributed by atoms with Gasteiger partial charge in [-0.05, 0) is 82.2 Å². The van der Waals surface area contributed by atoms with Crippen LogP contribution in [-0.2, 0) is 44.8 Å². The number of hydroxylamine groups is 2. The summed E-state index contributed by atoms with van der Waals surface area (Å²) < 4.78 is 20.2. The number of ketones is 1. The molecule has 2 fully saturated rings. The summed E-state index contributed by atoms with van der Waals surface area (Å²) in [6.07, 6.45) is 11.5. The largest absolute Gasteiger partial charge is 0.456 e. The van der Waals surface area contributed by atoms with E-state index in [1.807, 2.05) is 13.8 Å². The fourth-order valence-electron chi connectivity index (χ4n) is 7.14. The zero-order valence-corrected chi connectivity index (χ0v) is 36.8. The summed E-state index contributed by atoms with van der Waals surface area (Å²) in [5.74, 6) is -4.05. The van der Waals surface area contributed by atoms with E-state index in [2.05, 4.69) is 16.1 Å². The first-order chi connectivity index (χ1) is 29.6. The quantitative estimate of drug-likeness (QED) is 0.0464. The molecule has 62 heavy (non-hydrogen) atoms. The van der Waals surface area contributed by atoms with Crippen molar-refractivity contribution in [3.05, 3.63) is 83.8 Å². The van der Waals surface area contributed by atoms with Crippen LogP contribution in [0.4, 0.5) is 4.39 Å². The highest BCUT2D eigenvalue weighted by Gasteiger charge is 2.35. The van der Waals surface area contributed by atoms with E-state index in [4.69, 9.17) is 9.57 Å². The maximum atomic E-state index is 14.2. The minimum atomic E-state index is -1.17. The van der Waals surface area contributed by atoms with Crippen molar-refractivity contribution in [2.45, 2.75) is 122 Å². The number of halogens is 1. The Morgan fingerprint density at radius 3 is 2.45 bits per heavy atom. The van der Waals surface area contributed by atoms with Crippen LogP contribution in [0.5, 0.6) is 0 Å². The highest BCUT2D eigenvalue weighted by Crippen LogP contribution is 2.22. The summed E-state index contributed by atoms with van der Waals surface area (Å²) in [4.78, 5) is 82.3. The van der Waals surface area contributed by atoms with Gasteiger partial charge >= 0.3 is 5.97 Å². The molecule has 3 rings (SSSR count).